The zero-order valence-corrected chi connectivity index (χ0v) is 10.9. The minimum atomic E-state index is 0.817. The van der Waals surface area contributed by atoms with Gasteiger partial charge in [-0.2, -0.15) is 0 Å². The van der Waals surface area contributed by atoms with Gasteiger partial charge in [0.05, 0.1) is 19.4 Å². The van der Waals surface area contributed by atoms with Crippen molar-refractivity contribution in [1.29, 1.82) is 0 Å². The average molecular weight is 329 g/mol. The van der Waals surface area contributed by atoms with Crippen LogP contribution in [0.4, 0.5) is 5.69 Å². The number of pyridine rings is 1. The summed E-state index contributed by atoms with van der Waals surface area (Å²) in [5, 5.41) is 0. The van der Waals surface area contributed by atoms with Crippen LogP contribution in [0.1, 0.15) is 0 Å². The normalized spacial score (nSPS) is 16.9. The first kappa shape index (κ1) is 10.3. The molecule has 2 aromatic heterocycles. The summed E-state index contributed by atoms with van der Waals surface area (Å²) >= 11 is 2.29. The molecule has 0 aliphatic carbocycles. The summed E-state index contributed by atoms with van der Waals surface area (Å²) in [7, 11) is 0. The van der Waals surface area contributed by atoms with Crippen LogP contribution in [0.15, 0.2) is 24.5 Å². The van der Waals surface area contributed by atoms with E-state index in [9.17, 15) is 0 Å². The lowest BCUT2D eigenvalue weighted by Crippen LogP contribution is -2.36. The lowest BCUT2D eigenvalue weighted by molar-refractivity contribution is 0.122. The van der Waals surface area contributed by atoms with Crippen LogP contribution < -0.4 is 4.90 Å². The van der Waals surface area contributed by atoms with E-state index in [1.165, 1.54) is 5.69 Å². The van der Waals surface area contributed by atoms with E-state index in [4.69, 9.17) is 4.74 Å². The molecule has 5 heteroatoms. The molecule has 1 aliphatic rings. The van der Waals surface area contributed by atoms with E-state index in [0.717, 1.165) is 35.7 Å². The van der Waals surface area contributed by atoms with Gasteiger partial charge in [-0.25, -0.2) is 4.98 Å². The average Bonchev–Trinajstić information content (AvgIpc) is 2.72. The number of anilines is 1. The van der Waals surface area contributed by atoms with Gasteiger partial charge in [-0.05, 0) is 28.7 Å². The summed E-state index contributed by atoms with van der Waals surface area (Å²) in [5.41, 5.74) is 2.24. The fraction of sp³-hybridized carbons (Fsp3) is 0.364. The highest BCUT2D eigenvalue weighted by molar-refractivity contribution is 14.1. The number of imidazole rings is 1. The van der Waals surface area contributed by atoms with Crippen LogP contribution in [0.25, 0.3) is 5.65 Å². The van der Waals surface area contributed by atoms with Gasteiger partial charge < -0.3 is 9.64 Å². The zero-order valence-electron chi connectivity index (χ0n) is 8.77. The van der Waals surface area contributed by atoms with Crippen molar-refractivity contribution in [1.82, 2.24) is 9.38 Å². The van der Waals surface area contributed by atoms with Crippen LogP contribution in [-0.2, 0) is 4.74 Å². The van der Waals surface area contributed by atoms with E-state index in [1.807, 2.05) is 6.20 Å². The third kappa shape index (κ3) is 1.78. The smallest absolute Gasteiger partial charge is 0.139 e. The molecule has 1 saturated heterocycles. The summed E-state index contributed by atoms with van der Waals surface area (Å²) in [6.45, 7) is 3.57. The maximum Gasteiger partial charge on any atom is 0.139 e. The highest BCUT2D eigenvalue weighted by Crippen LogP contribution is 2.19. The lowest BCUT2D eigenvalue weighted by Gasteiger charge is -2.28. The molecular formula is C11H12IN3O. The molecule has 3 heterocycles. The van der Waals surface area contributed by atoms with Gasteiger partial charge in [0.1, 0.15) is 9.35 Å². The number of nitrogens with zero attached hydrogens (tertiary/aromatic N) is 3. The van der Waals surface area contributed by atoms with Crippen LogP contribution in [0.5, 0.6) is 0 Å². The molecule has 0 aromatic carbocycles. The number of hydrogen-bond acceptors (Lipinski definition) is 3. The SMILES string of the molecule is Ic1cnc2cc(N3CCOCC3)ccn12. The molecule has 1 fully saturated rings. The van der Waals surface area contributed by atoms with Crippen LogP contribution in [0.3, 0.4) is 0 Å². The third-order valence-corrected chi connectivity index (χ3v) is 3.63. The van der Waals surface area contributed by atoms with E-state index in [1.54, 1.807) is 0 Å². The molecule has 84 valence electrons. The summed E-state index contributed by atoms with van der Waals surface area (Å²) in [6.07, 6.45) is 3.97. The molecule has 0 spiro atoms. The second kappa shape index (κ2) is 4.21. The molecule has 3 rings (SSSR count). The largest absolute Gasteiger partial charge is 0.378 e. The monoisotopic (exact) mass is 329 g/mol. The summed E-state index contributed by atoms with van der Waals surface area (Å²) in [6, 6.07) is 4.27. The molecular weight excluding hydrogens is 317 g/mol. The van der Waals surface area contributed by atoms with Gasteiger partial charge in [0.25, 0.3) is 0 Å². The van der Waals surface area contributed by atoms with E-state index >= 15 is 0 Å². The van der Waals surface area contributed by atoms with Crippen molar-refractivity contribution in [3.63, 3.8) is 0 Å². The number of ether oxygens (including phenoxy) is 1. The van der Waals surface area contributed by atoms with Gasteiger partial charge in [-0.15, -0.1) is 0 Å². The van der Waals surface area contributed by atoms with Gasteiger partial charge >= 0.3 is 0 Å². The molecule has 1 aliphatic heterocycles. The molecule has 0 amide bonds. The Balaban J connectivity index is 1.97. The molecule has 0 atom stereocenters. The Labute approximate surface area is 107 Å². The summed E-state index contributed by atoms with van der Waals surface area (Å²) in [4.78, 5) is 6.71. The second-order valence-corrected chi connectivity index (χ2v) is 4.90. The van der Waals surface area contributed by atoms with Gasteiger partial charge in [0.15, 0.2) is 0 Å². The van der Waals surface area contributed by atoms with Crippen LogP contribution in [0, 0.1) is 3.70 Å². The Morgan fingerprint density at radius 3 is 2.94 bits per heavy atom. The number of hydrogen-bond donors (Lipinski definition) is 0. The molecule has 0 unspecified atom stereocenters. The van der Waals surface area contributed by atoms with E-state index in [0.29, 0.717) is 0 Å². The van der Waals surface area contributed by atoms with Crippen molar-refractivity contribution in [3.05, 3.63) is 28.2 Å². The van der Waals surface area contributed by atoms with Crippen LogP contribution >= 0.6 is 22.6 Å². The Morgan fingerprint density at radius 1 is 1.31 bits per heavy atom. The van der Waals surface area contributed by atoms with Crippen molar-refractivity contribution < 1.29 is 4.74 Å². The van der Waals surface area contributed by atoms with Gasteiger partial charge in [0.2, 0.25) is 0 Å². The van der Waals surface area contributed by atoms with E-state index in [-0.39, 0.29) is 0 Å². The third-order valence-electron chi connectivity index (χ3n) is 2.83. The number of rotatable bonds is 1. The number of fused-ring (bicyclic) bond motifs is 1. The number of aromatic nitrogens is 2. The molecule has 0 bridgehead atoms. The van der Waals surface area contributed by atoms with Crippen molar-refractivity contribution >= 4 is 33.9 Å². The predicted molar refractivity (Wildman–Crippen MR) is 70.9 cm³/mol. The highest BCUT2D eigenvalue weighted by atomic mass is 127. The standard InChI is InChI=1S/C11H12IN3O/c12-10-8-13-11-7-9(1-2-15(10)11)14-3-5-16-6-4-14/h1-2,7-8H,3-6H2. The predicted octanol–water partition coefficient (Wildman–Crippen LogP) is 1.78. The molecule has 0 N–H and O–H groups in total. The number of morpholine rings is 1. The Hall–Kier alpha value is -0.820. The van der Waals surface area contributed by atoms with Crippen molar-refractivity contribution in [2.75, 3.05) is 31.2 Å². The minimum Gasteiger partial charge on any atom is -0.378 e. The van der Waals surface area contributed by atoms with Gasteiger partial charge in [-0.1, -0.05) is 0 Å². The molecule has 4 nitrogen and oxygen atoms in total. The summed E-state index contributed by atoms with van der Waals surface area (Å²) in [5.74, 6) is 0. The lowest BCUT2D eigenvalue weighted by atomic mass is 10.3. The Bertz CT molecular complexity index is 505. The summed E-state index contributed by atoms with van der Waals surface area (Å²) < 4.78 is 8.58. The Kier molecular flexibility index (Phi) is 2.72. The number of halogens is 1. The minimum absolute atomic E-state index is 0.817. The maximum atomic E-state index is 5.35. The molecule has 0 saturated carbocycles. The topological polar surface area (TPSA) is 29.8 Å². The quantitative estimate of drug-likeness (QED) is 0.747. The molecule has 16 heavy (non-hydrogen) atoms. The van der Waals surface area contributed by atoms with Crippen molar-refractivity contribution in [2.24, 2.45) is 0 Å². The van der Waals surface area contributed by atoms with Crippen LogP contribution in [-0.4, -0.2) is 35.7 Å². The second-order valence-electron chi connectivity index (χ2n) is 3.79. The highest BCUT2D eigenvalue weighted by Gasteiger charge is 2.12. The Morgan fingerprint density at radius 2 is 2.12 bits per heavy atom. The van der Waals surface area contributed by atoms with Crippen molar-refractivity contribution in [3.8, 4) is 0 Å². The van der Waals surface area contributed by atoms with E-state index in [2.05, 4.69) is 55.2 Å². The molecule has 2 aromatic rings. The van der Waals surface area contributed by atoms with Crippen molar-refractivity contribution in [2.45, 2.75) is 0 Å². The fourth-order valence-electron chi connectivity index (χ4n) is 1.96. The molecule has 0 radical (unpaired) electrons. The van der Waals surface area contributed by atoms with Gasteiger partial charge in [0, 0.05) is 31.0 Å². The van der Waals surface area contributed by atoms with E-state index < -0.39 is 0 Å². The first-order chi connectivity index (χ1) is 7.84. The van der Waals surface area contributed by atoms with Gasteiger partial charge in [-0.3, -0.25) is 4.40 Å². The maximum absolute atomic E-state index is 5.35. The zero-order chi connectivity index (χ0) is 11.0. The first-order valence-corrected chi connectivity index (χ1v) is 6.38. The fourth-order valence-corrected chi connectivity index (χ4v) is 2.50. The van der Waals surface area contributed by atoms with Crippen LogP contribution in [0.2, 0.25) is 0 Å². The first-order valence-electron chi connectivity index (χ1n) is 5.30.